The largest absolute Gasteiger partial charge is 0.302 e. The molecule has 2 fully saturated rings. The maximum Gasteiger partial charge on any atom is 0.00459 e. The third-order valence-corrected chi connectivity index (χ3v) is 4.99. The summed E-state index contributed by atoms with van der Waals surface area (Å²) in [6.07, 6.45) is 8.56. The zero-order chi connectivity index (χ0) is 10.7. The van der Waals surface area contributed by atoms with Crippen molar-refractivity contribution in [3.63, 3.8) is 0 Å². The van der Waals surface area contributed by atoms with Gasteiger partial charge in [0.05, 0.1) is 0 Å². The van der Waals surface area contributed by atoms with E-state index in [4.69, 9.17) is 0 Å². The van der Waals surface area contributed by atoms with Gasteiger partial charge in [-0.15, -0.1) is 0 Å². The van der Waals surface area contributed by atoms with Crippen LogP contribution in [0.1, 0.15) is 45.4 Å². The molecule has 1 heterocycles. The van der Waals surface area contributed by atoms with E-state index in [2.05, 4.69) is 24.5 Å². The first kappa shape index (κ1) is 11.8. The smallest absolute Gasteiger partial charge is 0.00459 e. The van der Waals surface area contributed by atoms with Gasteiger partial charge in [0.2, 0.25) is 0 Å². The molecule has 0 N–H and O–H groups in total. The van der Waals surface area contributed by atoms with Gasteiger partial charge in [-0.3, -0.25) is 0 Å². The van der Waals surface area contributed by atoms with Crippen LogP contribution in [0.15, 0.2) is 0 Å². The number of thiol groups is 1. The highest BCUT2D eigenvalue weighted by Crippen LogP contribution is 2.38. The maximum absolute atomic E-state index is 4.62. The molecule has 0 aromatic heterocycles. The van der Waals surface area contributed by atoms with E-state index in [1.54, 1.807) is 0 Å². The van der Waals surface area contributed by atoms with Crippen LogP contribution in [0.4, 0.5) is 0 Å². The molecule has 1 nitrogen and oxygen atoms in total. The summed E-state index contributed by atoms with van der Waals surface area (Å²) in [4.78, 5) is 2.69. The lowest BCUT2D eigenvalue weighted by molar-refractivity contribution is 0.141. The molecule has 0 spiro atoms. The second-order valence-corrected chi connectivity index (χ2v) is 6.16. The summed E-state index contributed by atoms with van der Waals surface area (Å²) in [6.45, 7) is 6.36. The van der Waals surface area contributed by atoms with Gasteiger partial charge in [-0.2, -0.15) is 12.6 Å². The number of hydrogen-bond acceptors (Lipinski definition) is 2. The van der Waals surface area contributed by atoms with Crippen molar-refractivity contribution in [2.45, 2.75) is 45.4 Å². The summed E-state index contributed by atoms with van der Waals surface area (Å²) >= 11 is 4.62. The monoisotopic (exact) mass is 227 g/mol. The molecule has 2 rings (SSSR count). The maximum atomic E-state index is 4.62. The van der Waals surface area contributed by atoms with Crippen LogP contribution >= 0.6 is 12.6 Å². The average molecular weight is 227 g/mol. The van der Waals surface area contributed by atoms with E-state index in [-0.39, 0.29) is 0 Å². The van der Waals surface area contributed by atoms with E-state index < -0.39 is 0 Å². The molecule has 0 radical (unpaired) electrons. The minimum Gasteiger partial charge on any atom is -0.302 e. The van der Waals surface area contributed by atoms with Crippen LogP contribution in [0.25, 0.3) is 0 Å². The van der Waals surface area contributed by atoms with Gasteiger partial charge in [-0.1, -0.05) is 26.2 Å². The van der Waals surface area contributed by atoms with Crippen molar-refractivity contribution in [1.29, 1.82) is 0 Å². The van der Waals surface area contributed by atoms with Crippen LogP contribution in [0.2, 0.25) is 0 Å². The summed E-state index contributed by atoms with van der Waals surface area (Å²) in [5, 5.41) is 0. The van der Waals surface area contributed by atoms with Crippen LogP contribution in [0.3, 0.4) is 0 Å². The van der Waals surface area contributed by atoms with Crippen LogP contribution in [0.5, 0.6) is 0 Å². The lowest BCUT2D eigenvalue weighted by atomic mass is 9.75. The van der Waals surface area contributed by atoms with Gasteiger partial charge in [-0.05, 0) is 42.9 Å². The van der Waals surface area contributed by atoms with E-state index in [1.807, 2.05) is 0 Å². The number of likely N-dealkylation sites (tertiary alicyclic amines) is 1. The molecule has 0 amide bonds. The molecule has 88 valence electrons. The van der Waals surface area contributed by atoms with Crippen LogP contribution < -0.4 is 0 Å². The predicted octanol–water partition coefficient (Wildman–Crippen LogP) is 3.21. The fourth-order valence-corrected chi connectivity index (χ4v) is 3.73. The second-order valence-electron chi connectivity index (χ2n) is 5.85. The van der Waals surface area contributed by atoms with Gasteiger partial charge >= 0.3 is 0 Å². The zero-order valence-corrected chi connectivity index (χ0v) is 10.9. The number of hydrogen-bond donors (Lipinski definition) is 1. The Hall–Kier alpha value is 0.310. The molecule has 1 aliphatic carbocycles. The Labute approximate surface area is 100 Å². The summed E-state index contributed by atoms with van der Waals surface area (Å²) in [5.41, 5.74) is 0.561. The minimum absolute atomic E-state index is 0.561. The van der Waals surface area contributed by atoms with Gasteiger partial charge in [0, 0.05) is 13.1 Å². The van der Waals surface area contributed by atoms with Crippen molar-refractivity contribution in [3.8, 4) is 0 Å². The third-order valence-electron chi connectivity index (χ3n) is 4.32. The lowest BCUT2D eigenvalue weighted by Crippen LogP contribution is -2.39. The summed E-state index contributed by atoms with van der Waals surface area (Å²) in [6, 6.07) is 0. The molecule has 15 heavy (non-hydrogen) atoms. The molecule has 1 unspecified atom stereocenters. The van der Waals surface area contributed by atoms with Gasteiger partial charge < -0.3 is 4.90 Å². The van der Waals surface area contributed by atoms with Gasteiger partial charge in [0.15, 0.2) is 0 Å². The van der Waals surface area contributed by atoms with Crippen molar-refractivity contribution < 1.29 is 0 Å². The first-order valence-electron chi connectivity index (χ1n) is 6.57. The van der Waals surface area contributed by atoms with Gasteiger partial charge in [0.25, 0.3) is 0 Å². The van der Waals surface area contributed by atoms with Crippen LogP contribution in [-0.2, 0) is 0 Å². The molecule has 1 atom stereocenters. The first-order valence-corrected chi connectivity index (χ1v) is 7.21. The van der Waals surface area contributed by atoms with Gasteiger partial charge in [0.1, 0.15) is 0 Å². The second kappa shape index (κ2) is 5.09. The molecule has 2 aliphatic rings. The predicted molar refractivity (Wildman–Crippen MR) is 69.6 cm³/mol. The van der Waals surface area contributed by atoms with E-state index in [1.165, 1.54) is 58.2 Å². The molecule has 0 bridgehead atoms. The highest BCUT2D eigenvalue weighted by atomic mass is 32.1. The Morgan fingerprint density at radius 3 is 2.53 bits per heavy atom. The Balaban J connectivity index is 1.89. The van der Waals surface area contributed by atoms with Gasteiger partial charge in [-0.25, -0.2) is 0 Å². The highest BCUT2D eigenvalue weighted by Gasteiger charge is 2.34. The summed E-state index contributed by atoms with van der Waals surface area (Å²) in [5.74, 6) is 2.02. The minimum atomic E-state index is 0.561. The summed E-state index contributed by atoms with van der Waals surface area (Å²) in [7, 11) is 0. The summed E-state index contributed by atoms with van der Waals surface area (Å²) < 4.78 is 0. The average Bonchev–Trinajstić information content (AvgIpc) is 2.65. The molecule has 0 aromatic rings. The van der Waals surface area contributed by atoms with Crippen LogP contribution in [0, 0.1) is 11.3 Å². The van der Waals surface area contributed by atoms with E-state index in [0.717, 1.165) is 11.7 Å². The SMILES string of the molecule is CC1CCN(CC2(CS)CCCCC2)C1. The lowest BCUT2D eigenvalue weighted by Gasteiger charge is -2.39. The van der Waals surface area contributed by atoms with Crippen molar-refractivity contribution in [2.24, 2.45) is 11.3 Å². The van der Waals surface area contributed by atoms with E-state index in [9.17, 15) is 0 Å². The molecule has 1 saturated heterocycles. The molecule has 1 aliphatic heterocycles. The Bertz CT molecular complexity index is 199. The molecule has 2 heteroatoms. The van der Waals surface area contributed by atoms with E-state index in [0.29, 0.717) is 5.41 Å². The van der Waals surface area contributed by atoms with Crippen LogP contribution in [-0.4, -0.2) is 30.3 Å². The molecule has 1 saturated carbocycles. The number of nitrogens with zero attached hydrogens (tertiary/aromatic N) is 1. The van der Waals surface area contributed by atoms with Crippen molar-refractivity contribution in [1.82, 2.24) is 4.90 Å². The first-order chi connectivity index (χ1) is 7.24. The number of rotatable bonds is 3. The topological polar surface area (TPSA) is 3.24 Å². The highest BCUT2D eigenvalue weighted by molar-refractivity contribution is 7.80. The Kier molecular flexibility index (Phi) is 4.00. The fraction of sp³-hybridized carbons (Fsp3) is 1.00. The Morgan fingerprint density at radius 1 is 1.27 bits per heavy atom. The zero-order valence-electron chi connectivity index (χ0n) is 10.0. The Morgan fingerprint density at radius 2 is 2.00 bits per heavy atom. The molecular weight excluding hydrogens is 202 g/mol. The quantitative estimate of drug-likeness (QED) is 0.725. The van der Waals surface area contributed by atoms with Crippen molar-refractivity contribution >= 4 is 12.6 Å². The van der Waals surface area contributed by atoms with Crippen molar-refractivity contribution in [3.05, 3.63) is 0 Å². The molecular formula is C13H25NS. The fourth-order valence-electron chi connectivity index (χ4n) is 3.31. The molecule has 0 aromatic carbocycles. The van der Waals surface area contributed by atoms with Crippen molar-refractivity contribution in [2.75, 3.05) is 25.4 Å². The van der Waals surface area contributed by atoms with E-state index >= 15 is 0 Å². The normalized spacial score (nSPS) is 32.0. The standard InChI is InChI=1S/C13H25NS/c1-12-5-8-14(9-12)10-13(11-15)6-3-2-4-7-13/h12,15H,2-11H2,1H3. The third kappa shape index (κ3) is 2.91.